The Kier molecular flexibility index (Phi) is 3.00. The fourth-order valence-electron chi connectivity index (χ4n) is 3.79. The standard InChI is InChI=1S/C16H20N2O2/c19-16(18-13-9-11-5-6-14(13)20-11)15-12-4-2-1-3-10(12)7-8-17-15/h1-4,11,13-15,17H,5-9H2,(H,18,19). The van der Waals surface area contributed by atoms with E-state index in [1.807, 2.05) is 12.1 Å². The number of benzene rings is 1. The van der Waals surface area contributed by atoms with Crippen LogP contribution in [0.25, 0.3) is 0 Å². The summed E-state index contributed by atoms with van der Waals surface area (Å²) in [5.74, 6) is 0.0956. The zero-order valence-corrected chi connectivity index (χ0v) is 11.5. The molecule has 2 fully saturated rings. The molecule has 3 heterocycles. The molecule has 1 aromatic carbocycles. The average Bonchev–Trinajstić information content (AvgIpc) is 3.09. The van der Waals surface area contributed by atoms with Gasteiger partial charge in [-0.2, -0.15) is 0 Å². The van der Waals surface area contributed by atoms with Crippen molar-refractivity contribution in [3.8, 4) is 0 Å². The van der Waals surface area contributed by atoms with Gasteiger partial charge in [0.25, 0.3) is 0 Å². The van der Waals surface area contributed by atoms with Gasteiger partial charge < -0.3 is 15.4 Å². The van der Waals surface area contributed by atoms with E-state index in [4.69, 9.17) is 4.74 Å². The molecule has 0 aromatic heterocycles. The Labute approximate surface area is 118 Å². The number of nitrogens with one attached hydrogen (secondary N) is 2. The molecule has 1 amide bonds. The summed E-state index contributed by atoms with van der Waals surface area (Å²) in [6.45, 7) is 0.863. The van der Waals surface area contributed by atoms with Crippen molar-refractivity contribution in [2.45, 2.75) is 50.0 Å². The highest BCUT2D eigenvalue weighted by atomic mass is 16.5. The van der Waals surface area contributed by atoms with E-state index in [-0.39, 0.29) is 24.1 Å². The quantitative estimate of drug-likeness (QED) is 0.853. The first-order chi connectivity index (χ1) is 9.81. The van der Waals surface area contributed by atoms with Crippen molar-refractivity contribution < 1.29 is 9.53 Å². The zero-order valence-electron chi connectivity index (χ0n) is 11.5. The third-order valence-electron chi connectivity index (χ3n) is 4.80. The smallest absolute Gasteiger partial charge is 0.242 e. The molecule has 0 radical (unpaired) electrons. The summed E-state index contributed by atoms with van der Waals surface area (Å²) in [6.07, 6.45) is 4.83. The molecule has 4 rings (SSSR count). The third-order valence-corrected chi connectivity index (χ3v) is 4.80. The molecule has 2 bridgehead atoms. The van der Waals surface area contributed by atoms with E-state index in [1.165, 1.54) is 5.56 Å². The van der Waals surface area contributed by atoms with Crippen molar-refractivity contribution in [1.29, 1.82) is 0 Å². The Balaban J connectivity index is 1.49. The van der Waals surface area contributed by atoms with Crippen molar-refractivity contribution >= 4 is 5.91 Å². The highest BCUT2D eigenvalue weighted by Crippen LogP contribution is 2.34. The molecule has 0 aliphatic carbocycles. The molecule has 4 unspecified atom stereocenters. The predicted octanol–water partition coefficient (Wildman–Crippen LogP) is 1.31. The molecule has 3 aliphatic heterocycles. The van der Waals surface area contributed by atoms with Crippen LogP contribution in [0, 0.1) is 0 Å². The van der Waals surface area contributed by atoms with Crippen LogP contribution in [-0.4, -0.2) is 30.7 Å². The van der Waals surface area contributed by atoms with Crippen LogP contribution in [0.5, 0.6) is 0 Å². The van der Waals surface area contributed by atoms with Crippen LogP contribution < -0.4 is 10.6 Å². The first-order valence-electron chi connectivity index (χ1n) is 7.58. The van der Waals surface area contributed by atoms with Crippen LogP contribution in [0.15, 0.2) is 24.3 Å². The van der Waals surface area contributed by atoms with E-state index in [0.717, 1.165) is 37.8 Å². The molecular weight excluding hydrogens is 252 g/mol. The summed E-state index contributed by atoms with van der Waals surface area (Å²) in [4.78, 5) is 12.6. The third kappa shape index (κ3) is 2.03. The number of hydrogen-bond acceptors (Lipinski definition) is 3. The lowest BCUT2D eigenvalue weighted by Gasteiger charge is -2.28. The van der Waals surface area contributed by atoms with E-state index in [0.29, 0.717) is 6.10 Å². The van der Waals surface area contributed by atoms with Gasteiger partial charge in [-0.3, -0.25) is 4.79 Å². The van der Waals surface area contributed by atoms with Crippen molar-refractivity contribution in [2.24, 2.45) is 0 Å². The summed E-state index contributed by atoms with van der Waals surface area (Å²) in [5.41, 5.74) is 2.41. The van der Waals surface area contributed by atoms with Crippen LogP contribution >= 0.6 is 0 Å². The number of amides is 1. The highest BCUT2D eigenvalue weighted by Gasteiger charge is 2.42. The van der Waals surface area contributed by atoms with E-state index < -0.39 is 0 Å². The van der Waals surface area contributed by atoms with Gasteiger partial charge >= 0.3 is 0 Å². The van der Waals surface area contributed by atoms with Crippen LogP contribution in [-0.2, 0) is 16.0 Å². The second-order valence-electron chi connectivity index (χ2n) is 6.06. The minimum Gasteiger partial charge on any atom is -0.373 e. The Morgan fingerprint density at radius 3 is 3.00 bits per heavy atom. The Hall–Kier alpha value is -1.39. The molecular formula is C16H20N2O2. The summed E-state index contributed by atoms with van der Waals surface area (Å²) in [6, 6.07) is 8.23. The highest BCUT2D eigenvalue weighted by molar-refractivity contribution is 5.84. The van der Waals surface area contributed by atoms with Gasteiger partial charge in [0.15, 0.2) is 0 Å². The molecule has 4 nitrogen and oxygen atoms in total. The van der Waals surface area contributed by atoms with E-state index in [2.05, 4.69) is 22.8 Å². The monoisotopic (exact) mass is 272 g/mol. The second kappa shape index (κ2) is 4.86. The number of carbonyl (C=O) groups is 1. The largest absolute Gasteiger partial charge is 0.373 e. The number of rotatable bonds is 2. The second-order valence-corrected chi connectivity index (χ2v) is 6.06. The van der Waals surface area contributed by atoms with Gasteiger partial charge in [-0.05, 0) is 36.8 Å². The molecule has 0 spiro atoms. The first kappa shape index (κ1) is 12.4. The maximum Gasteiger partial charge on any atom is 0.242 e. The summed E-state index contributed by atoms with van der Waals surface area (Å²) in [5, 5.41) is 6.53. The van der Waals surface area contributed by atoms with Gasteiger partial charge in [-0.15, -0.1) is 0 Å². The maximum absolute atomic E-state index is 12.6. The zero-order chi connectivity index (χ0) is 13.5. The Morgan fingerprint density at radius 2 is 2.20 bits per heavy atom. The normalized spacial score (nSPS) is 34.8. The number of hydrogen-bond donors (Lipinski definition) is 2. The van der Waals surface area contributed by atoms with Gasteiger partial charge in [-0.1, -0.05) is 24.3 Å². The lowest BCUT2D eigenvalue weighted by Crippen LogP contribution is -2.48. The fraction of sp³-hybridized carbons (Fsp3) is 0.562. The summed E-state index contributed by atoms with van der Waals surface area (Å²) in [7, 11) is 0. The van der Waals surface area contributed by atoms with Crippen LogP contribution in [0.2, 0.25) is 0 Å². The fourth-order valence-corrected chi connectivity index (χ4v) is 3.79. The van der Waals surface area contributed by atoms with Crippen molar-refractivity contribution in [3.05, 3.63) is 35.4 Å². The van der Waals surface area contributed by atoms with Gasteiger partial charge in [0.2, 0.25) is 5.91 Å². The van der Waals surface area contributed by atoms with E-state index in [9.17, 15) is 4.79 Å². The molecule has 0 saturated carbocycles. The topological polar surface area (TPSA) is 50.4 Å². The van der Waals surface area contributed by atoms with Crippen LogP contribution in [0.3, 0.4) is 0 Å². The van der Waals surface area contributed by atoms with Gasteiger partial charge in [0, 0.05) is 6.54 Å². The molecule has 4 heteroatoms. The SMILES string of the molecule is O=C(NC1CC2CCC1O2)C1NCCc2ccccc21. The average molecular weight is 272 g/mol. The Morgan fingerprint density at radius 1 is 1.30 bits per heavy atom. The Bertz CT molecular complexity index is 531. The lowest BCUT2D eigenvalue weighted by molar-refractivity contribution is -0.124. The van der Waals surface area contributed by atoms with E-state index in [1.54, 1.807) is 0 Å². The number of fused-ring (bicyclic) bond motifs is 3. The van der Waals surface area contributed by atoms with Gasteiger partial charge in [0.05, 0.1) is 18.2 Å². The number of carbonyl (C=O) groups excluding carboxylic acids is 1. The van der Waals surface area contributed by atoms with Crippen LogP contribution in [0.1, 0.15) is 36.4 Å². The van der Waals surface area contributed by atoms with Gasteiger partial charge in [-0.25, -0.2) is 0 Å². The van der Waals surface area contributed by atoms with Gasteiger partial charge in [0.1, 0.15) is 6.04 Å². The maximum atomic E-state index is 12.6. The van der Waals surface area contributed by atoms with Crippen molar-refractivity contribution in [2.75, 3.05) is 6.54 Å². The lowest BCUT2D eigenvalue weighted by atomic mass is 9.92. The minimum atomic E-state index is -0.209. The molecule has 20 heavy (non-hydrogen) atoms. The molecule has 106 valence electrons. The summed E-state index contributed by atoms with van der Waals surface area (Å²) < 4.78 is 5.81. The van der Waals surface area contributed by atoms with Crippen LogP contribution in [0.4, 0.5) is 0 Å². The van der Waals surface area contributed by atoms with Crippen molar-refractivity contribution in [3.63, 3.8) is 0 Å². The first-order valence-corrected chi connectivity index (χ1v) is 7.58. The minimum absolute atomic E-state index is 0.0956. The predicted molar refractivity (Wildman–Crippen MR) is 75.3 cm³/mol. The number of ether oxygens (including phenoxy) is 1. The molecule has 2 saturated heterocycles. The summed E-state index contributed by atoms with van der Waals surface area (Å²) >= 11 is 0. The molecule has 1 aromatic rings. The molecule has 2 N–H and O–H groups in total. The molecule has 4 atom stereocenters. The van der Waals surface area contributed by atoms with Crippen molar-refractivity contribution in [1.82, 2.24) is 10.6 Å². The van der Waals surface area contributed by atoms with E-state index >= 15 is 0 Å². The molecule has 3 aliphatic rings.